The highest BCUT2D eigenvalue weighted by atomic mass is 16.7. The van der Waals surface area contributed by atoms with Crippen LogP contribution in [0.5, 0.6) is 17.2 Å². The summed E-state index contributed by atoms with van der Waals surface area (Å²) in [6, 6.07) is 10.5. The maximum absolute atomic E-state index is 12.0. The lowest BCUT2D eigenvalue weighted by Crippen LogP contribution is -2.24. The Labute approximate surface area is 154 Å². The zero-order valence-corrected chi connectivity index (χ0v) is 14.2. The molecule has 2 N–H and O–H groups in total. The van der Waals surface area contributed by atoms with Crippen LogP contribution in [0.25, 0.3) is 11.5 Å². The second-order valence-corrected chi connectivity index (χ2v) is 5.48. The molecule has 0 radical (unpaired) electrons. The molecule has 0 spiro atoms. The first-order chi connectivity index (χ1) is 13.3. The Hall–Kier alpha value is -3.86. The van der Waals surface area contributed by atoms with Gasteiger partial charge in [0.05, 0.1) is 12.8 Å². The van der Waals surface area contributed by atoms with Gasteiger partial charge < -0.3 is 23.9 Å². The molecule has 136 valence electrons. The van der Waals surface area contributed by atoms with Crippen LogP contribution in [0.15, 0.2) is 47.1 Å². The Morgan fingerprint density at radius 2 is 2.15 bits per heavy atom. The van der Waals surface area contributed by atoms with E-state index in [0.29, 0.717) is 28.7 Å². The number of hydrogen-bond donors (Lipinski definition) is 2. The van der Waals surface area contributed by atoms with Crippen LogP contribution in [0, 0.1) is 11.8 Å². The first-order valence-corrected chi connectivity index (χ1v) is 8.15. The minimum Gasteiger partial charge on any atom is -0.481 e. The summed E-state index contributed by atoms with van der Waals surface area (Å²) in [5.41, 5.74) is 0.896. The number of aromatic nitrogens is 2. The highest BCUT2D eigenvalue weighted by Gasteiger charge is 2.13. The van der Waals surface area contributed by atoms with Crippen molar-refractivity contribution in [3.63, 3.8) is 0 Å². The summed E-state index contributed by atoms with van der Waals surface area (Å²) in [6.45, 7) is 0.601. The summed E-state index contributed by atoms with van der Waals surface area (Å²) in [6.07, 6.45) is 1.55. The van der Waals surface area contributed by atoms with Crippen LogP contribution >= 0.6 is 0 Å². The Morgan fingerprint density at radius 3 is 3.04 bits per heavy atom. The van der Waals surface area contributed by atoms with Gasteiger partial charge in [-0.1, -0.05) is 11.8 Å². The molecule has 2 aromatic heterocycles. The minimum atomic E-state index is -0.324. The number of carbonyl (C=O) groups is 1. The van der Waals surface area contributed by atoms with E-state index < -0.39 is 0 Å². The number of nitrogens with zero attached hydrogens (tertiary/aromatic N) is 1. The Kier molecular flexibility index (Phi) is 4.66. The molecule has 8 heteroatoms. The van der Waals surface area contributed by atoms with Crippen LogP contribution in [-0.4, -0.2) is 36.0 Å². The van der Waals surface area contributed by atoms with Crippen LogP contribution < -0.4 is 19.5 Å². The molecule has 3 heterocycles. The smallest absolute Gasteiger partial charge is 0.272 e. The molecule has 1 aliphatic rings. The largest absolute Gasteiger partial charge is 0.481 e. The van der Waals surface area contributed by atoms with Gasteiger partial charge in [-0.3, -0.25) is 9.89 Å². The molecule has 0 saturated heterocycles. The van der Waals surface area contributed by atoms with Crippen molar-refractivity contribution in [1.82, 2.24) is 15.5 Å². The Balaban J connectivity index is 1.23. The number of nitrogens with one attached hydrogen (secondary N) is 2. The monoisotopic (exact) mass is 365 g/mol. The van der Waals surface area contributed by atoms with E-state index in [0.717, 1.165) is 0 Å². The van der Waals surface area contributed by atoms with Gasteiger partial charge >= 0.3 is 0 Å². The molecule has 0 atom stereocenters. The summed E-state index contributed by atoms with van der Waals surface area (Å²) >= 11 is 0. The average molecular weight is 365 g/mol. The van der Waals surface area contributed by atoms with Crippen molar-refractivity contribution < 1.29 is 23.4 Å². The fourth-order valence-electron chi connectivity index (χ4n) is 2.41. The summed E-state index contributed by atoms with van der Waals surface area (Å²) in [5.74, 6) is 7.94. The van der Waals surface area contributed by atoms with Crippen LogP contribution in [0.2, 0.25) is 0 Å². The molecule has 8 nitrogen and oxygen atoms in total. The van der Waals surface area contributed by atoms with E-state index in [1.165, 1.54) is 0 Å². The second-order valence-electron chi connectivity index (χ2n) is 5.48. The molecule has 0 saturated carbocycles. The third-order valence-electron chi connectivity index (χ3n) is 3.71. The van der Waals surface area contributed by atoms with Gasteiger partial charge in [0.1, 0.15) is 18.1 Å². The maximum Gasteiger partial charge on any atom is 0.272 e. The number of carbonyl (C=O) groups excluding carboxylic acids is 1. The average Bonchev–Trinajstić information content (AvgIpc) is 3.44. The molecular weight excluding hydrogens is 350 g/mol. The van der Waals surface area contributed by atoms with Crippen molar-refractivity contribution in [2.45, 2.75) is 0 Å². The fourth-order valence-corrected chi connectivity index (χ4v) is 2.41. The van der Waals surface area contributed by atoms with E-state index >= 15 is 0 Å². The summed E-state index contributed by atoms with van der Waals surface area (Å²) < 4.78 is 21.3. The lowest BCUT2D eigenvalue weighted by molar-refractivity contribution is 0.0953. The van der Waals surface area contributed by atoms with Gasteiger partial charge in [0.25, 0.3) is 5.91 Å². The molecule has 4 rings (SSSR count). The molecule has 27 heavy (non-hydrogen) atoms. The number of furan rings is 1. The van der Waals surface area contributed by atoms with Crippen LogP contribution in [0.3, 0.4) is 0 Å². The molecule has 3 aromatic rings. The SMILES string of the molecule is O=C(NCC#CCOc1ccc2c(c1)OCO2)c1cc(-c2ccco2)[nH]n1. The van der Waals surface area contributed by atoms with Crippen molar-refractivity contribution in [1.29, 1.82) is 0 Å². The van der Waals surface area contributed by atoms with Crippen LogP contribution in [0.4, 0.5) is 0 Å². The highest BCUT2D eigenvalue weighted by molar-refractivity contribution is 5.93. The van der Waals surface area contributed by atoms with Gasteiger partial charge in [0, 0.05) is 12.1 Å². The molecule has 0 unspecified atom stereocenters. The predicted octanol–water partition coefficient (Wildman–Crippen LogP) is 2.21. The van der Waals surface area contributed by atoms with E-state index in [1.807, 2.05) is 0 Å². The van der Waals surface area contributed by atoms with Gasteiger partial charge in [0.15, 0.2) is 23.0 Å². The lowest BCUT2D eigenvalue weighted by atomic mass is 10.3. The molecular formula is C19H15N3O5. The number of aromatic amines is 1. The van der Waals surface area contributed by atoms with Crippen LogP contribution in [-0.2, 0) is 0 Å². The van der Waals surface area contributed by atoms with Crippen molar-refractivity contribution in [2.24, 2.45) is 0 Å². The van der Waals surface area contributed by atoms with Crippen molar-refractivity contribution >= 4 is 5.91 Å². The molecule has 1 amide bonds. The van der Waals surface area contributed by atoms with Crippen molar-refractivity contribution in [2.75, 3.05) is 19.9 Å². The first kappa shape index (κ1) is 16.6. The number of ether oxygens (including phenoxy) is 3. The summed E-state index contributed by atoms with van der Waals surface area (Å²) in [5, 5.41) is 9.39. The maximum atomic E-state index is 12.0. The summed E-state index contributed by atoms with van der Waals surface area (Å²) in [4.78, 5) is 12.0. The van der Waals surface area contributed by atoms with Gasteiger partial charge in [-0.15, -0.1) is 0 Å². The molecule has 0 aliphatic carbocycles. The van der Waals surface area contributed by atoms with E-state index in [2.05, 4.69) is 27.4 Å². The fraction of sp³-hybridized carbons (Fsp3) is 0.158. The van der Waals surface area contributed by atoms with E-state index in [4.69, 9.17) is 18.6 Å². The van der Waals surface area contributed by atoms with E-state index in [9.17, 15) is 4.79 Å². The zero-order valence-electron chi connectivity index (χ0n) is 14.2. The predicted molar refractivity (Wildman–Crippen MR) is 94.5 cm³/mol. The number of amides is 1. The van der Waals surface area contributed by atoms with Crippen molar-refractivity contribution in [3.05, 3.63) is 48.4 Å². The minimum absolute atomic E-state index is 0.187. The third-order valence-corrected chi connectivity index (χ3v) is 3.71. The number of fused-ring (bicyclic) bond motifs is 1. The first-order valence-electron chi connectivity index (χ1n) is 8.15. The standard InChI is InChI=1S/C19H15N3O5/c23-19(15-11-14(21-22-15)16-4-3-9-25-16)20-7-1-2-8-24-13-5-6-17-18(10-13)27-12-26-17/h3-6,9-11H,7-8,12H2,(H,20,23)(H,21,22). The molecule has 0 fully saturated rings. The van der Waals surface area contributed by atoms with Gasteiger partial charge in [-0.25, -0.2) is 0 Å². The van der Waals surface area contributed by atoms with Gasteiger partial charge in [-0.05, 0) is 24.3 Å². The third kappa shape index (κ3) is 3.88. The van der Waals surface area contributed by atoms with E-state index in [-0.39, 0.29) is 31.5 Å². The Morgan fingerprint density at radius 1 is 1.22 bits per heavy atom. The normalized spacial score (nSPS) is 11.6. The van der Waals surface area contributed by atoms with Gasteiger partial charge in [0.2, 0.25) is 6.79 Å². The topological polar surface area (TPSA) is 98.6 Å². The van der Waals surface area contributed by atoms with Crippen LogP contribution in [0.1, 0.15) is 10.5 Å². The molecule has 1 aliphatic heterocycles. The number of hydrogen-bond acceptors (Lipinski definition) is 6. The van der Waals surface area contributed by atoms with E-state index in [1.54, 1.807) is 42.7 Å². The molecule has 0 bridgehead atoms. The molecule has 1 aromatic carbocycles. The number of H-pyrrole nitrogens is 1. The number of benzene rings is 1. The highest BCUT2D eigenvalue weighted by Crippen LogP contribution is 2.34. The van der Waals surface area contributed by atoms with Crippen molar-refractivity contribution in [3.8, 4) is 40.5 Å². The lowest BCUT2D eigenvalue weighted by Gasteiger charge is -2.02. The zero-order chi connectivity index (χ0) is 18.5. The quantitative estimate of drug-likeness (QED) is 0.673. The number of rotatable bonds is 5. The summed E-state index contributed by atoms with van der Waals surface area (Å²) in [7, 11) is 0. The Bertz CT molecular complexity index is 998. The van der Waals surface area contributed by atoms with Gasteiger partial charge in [-0.2, -0.15) is 5.10 Å². The second kappa shape index (κ2) is 7.58.